The maximum Gasteiger partial charge on any atom is 0.167 e. The minimum absolute atomic E-state index is 0.0150. The Hall–Kier alpha value is -2.43. The van der Waals surface area contributed by atoms with Crippen LogP contribution in [-0.2, 0) is 4.79 Å². The number of nitrogens with zero attached hydrogens (tertiary/aromatic N) is 2. The number of hydrogen-bond donors (Lipinski definition) is 2. The Bertz CT molecular complexity index is 568. The number of aromatic hydroxyl groups is 1. The fourth-order valence-electron chi connectivity index (χ4n) is 1.36. The van der Waals surface area contributed by atoms with Crippen LogP contribution in [0, 0.1) is 0 Å². The summed E-state index contributed by atoms with van der Waals surface area (Å²) in [6.07, 6.45) is 4.45. The van der Waals surface area contributed by atoms with Crippen LogP contribution in [-0.4, -0.2) is 22.6 Å². The molecule has 0 saturated carbocycles. The molecule has 5 heteroatoms. The van der Waals surface area contributed by atoms with Gasteiger partial charge in [-0.2, -0.15) is 5.10 Å². The molecule has 0 aliphatic rings. The zero-order valence-corrected chi connectivity index (χ0v) is 11.0. The predicted octanol–water partition coefficient (Wildman–Crippen LogP) is 2.95. The van der Waals surface area contributed by atoms with Gasteiger partial charge < -0.3 is 5.11 Å². The van der Waals surface area contributed by atoms with Crippen molar-refractivity contribution in [3.63, 3.8) is 0 Å². The van der Waals surface area contributed by atoms with Crippen LogP contribution in [0.1, 0.15) is 20.3 Å². The first-order chi connectivity index (χ1) is 9.24. The predicted molar refractivity (Wildman–Crippen MR) is 77.6 cm³/mol. The lowest BCUT2D eigenvalue weighted by Gasteiger charge is -2.05. The highest BCUT2D eigenvalue weighted by atomic mass is 16.3. The molecule has 19 heavy (non-hydrogen) atoms. The number of hydrogen-bond acceptors (Lipinski definition) is 5. The molecule has 2 aromatic rings. The fourth-order valence-corrected chi connectivity index (χ4v) is 1.36. The second kappa shape index (κ2) is 7.81. The Balaban J connectivity index is 0.000000550. The molecule has 0 spiro atoms. The summed E-state index contributed by atoms with van der Waals surface area (Å²) < 4.78 is 0. The maximum absolute atomic E-state index is 10.0. The van der Waals surface area contributed by atoms with Gasteiger partial charge in [-0.15, -0.1) is 0 Å². The van der Waals surface area contributed by atoms with Crippen LogP contribution in [0.4, 0.5) is 5.69 Å². The number of carbonyl (C=O) groups is 1. The minimum Gasteiger partial charge on any atom is -0.504 e. The van der Waals surface area contributed by atoms with Crippen molar-refractivity contribution in [3.05, 3.63) is 30.5 Å². The number of aromatic nitrogens is 1. The molecule has 2 N–H and O–H groups in total. The first kappa shape index (κ1) is 14.6. The number of rotatable bonds is 3. The van der Waals surface area contributed by atoms with E-state index in [2.05, 4.69) is 29.4 Å². The zero-order valence-electron chi connectivity index (χ0n) is 11.0. The number of pyridine rings is 1. The van der Waals surface area contributed by atoms with Gasteiger partial charge in [-0.05, 0) is 12.1 Å². The number of carbonyl (C=O) groups excluding carboxylic acids is 1. The van der Waals surface area contributed by atoms with Crippen molar-refractivity contribution < 1.29 is 9.90 Å². The van der Waals surface area contributed by atoms with Gasteiger partial charge in [-0.3, -0.25) is 15.2 Å². The molecule has 0 fully saturated rings. The lowest BCUT2D eigenvalue weighted by Crippen LogP contribution is -1.91. The number of phenols is 1. The third-order valence-corrected chi connectivity index (χ3v) is 2.07. The summed E-state index contributed by atoms with van der Waals surface area (Å²) in [5.41, 5.74) is 3.46. The SMILES string of the molecule is CCC.O=CC=NNc1ccc2cccnc2c1O. The van der Waals surface area contributed by atoms with Crippen molar-refractivity contribution >= 4 is 29.1 Å². The minimum atomic E-state index is 0.0150. The van der Waals surface area contributed by atoms with Gasteiger partial charge in [0.25, 0.3) is 0 Å². The Morgan fingerprint density at radius 1 is 1.37 bits per heavy atom. The molecule has 0 radical (unpaired) electrons. The molecule has 1 aromatic heterocycles. The number of hydrazone groups is 1. The molecule has 1 heterocycles. The average molecular weight is 259 g/mol. The van der Waals surface area contributed by atoms with Crippen LogP contribution in [0.3, 0.4) is 0 Å². The van der Waals surface area contributed by atoms with Gasteiger partial charge in [0.1, 0.15) is 11.2 Å². The number of nitrogens with one attached hydrogen (secondary N) is 1. The summed E-state index contributed by atoms with van der Waals surface area (Å²) in [5, 5.41) is 14.3. The van der Waals surface area contributed by atoms with Gasteiger partial charge in [-0.25, -0.2) is 0 Å². The molecule has 0 bridgehead atoms. The molecular formula is C14H17N3O2. The fraction of sp³-hybridized carbons (Fsp3) is 0.214. The van der Waals surface area contributed by atoms with Crippen LogP contribution < -0.4 is 5.43 Å². The van der Waals surface area contributed by atoms with Crippen LogP contribution in [0.5, 0.6) is 5.75 Å². The van der Waals surface area contributed by atoms with Gasteiger partial charge in [0.05, 0.1) is 6.21 Å². The van der Waals surface area contributed by atoms with E-state index in [9.17, 15) is 9.90 Å². The van der Waals surface area contributed by atoms with E-state index in [1.807, 2.05) is 6.07 Å². The Morgan fingerprint density at radius 3 is 2.79 bits per heavy atom. The highest BCUT2D eigenvalue weighted by molar-refractivity contribution is 6.13. The van der Waals surface area contributed by atoms with Crippen LogP contribution in [0.15, 0.2) is 35.6 Å². The van der Waals surface area contributed by atoms with Crippen molar-refractivity contribution in [1.29, 1.82) is 0 Å². The smallest absolute Gasteiger partial charge is 0.167 e. The first-order valence-corrected chi connectivity index (χ1v) is 6.04. The first-order valence-electron chi connectivity index (χ1n) is 6.04. The van der Waals surface area contributed by atoms with E-state index < -0.39 is 0 Å². The lowest BCUT2D eigenvalue weighted by molar-refractivity contribution is -0.102. The molecule has 0 aliphatic carbocycles. The standard InChI is InChI=1S/C11H9N3O2.C3H8/c15-7-6-13-14-9-4-3-8-2-1-5-12-10(8)11(9)16;1-3-2/h1-7,14,16H;3H2,1-2H3. The van der Waals surface area contributed by atoms with Crippen molar-refractivity contribution in [2.45, 2.75) is 20.3 Å². The largest absolute Gasteiger partial charge is 0.504 e. The lowest BCUT2D eigenvalue weighted by atomic mass is 10.2. The number of anilines is 1. The van der Waals surface area contributed by atoms with Crippen molar-refractivity contribution in [1.82, 2.24) is 4.98 Å². The Labute approximate surface area is 112 Å². The monoisotopic (exact) mass is 259 g/mol. The van der Waals surface area contributed by atoms with Crippen molar-refractivity contribution in [2.75, 3.05) is 5.43 Å². The second-order valence-corrected chi connectivity index (χ2v) is 3.77. The molecule has 5 nitrogen and oxygen atoms in total. The molecule has 0 unspecified atom stereocenters. The van der Waals surface area contributed by atoms with Crippen molar-refractivity contribution in [2.24, 2.45) is 5.10 Å². The van der Waals surface area contributed by atoms with E-state index >= 15 is 0 Å². The highest BCUT2D eigenvalue weighted by Crippen LogP contribution is 2.30. The summed E-state index contributed by atoms with van der Waals surface area (Å²) in [5.74, 6) is 0.0150. The zero-order chi connectivity index (χ0) is 14.1. The molecule has 0 saturated heterocycles. The topological polar surface area (TPSA) is 74.6 Å². The third kappa shape index (κ3) is 4.06. The van der Waals surface area contributed by atoms with Gasteiger partial charge in [0.15, 0.2) is 12.0 Å². The maximum atomic E-state index is 10.0. The molecule has 0 amide bonds. The van der Waals surface area contributed by atoms with E-state index in [0.29, 0.717) is 17.5 Å². The summed E-state index contributed by atoms with van der Waals surface area (Å²) in [6, 6.07) is 7.11. The summed E-state index contributed by atoms with van der Waals surface area (Å²) >= 11 is 0. The van der Waals surface area contributed by atoms with Crippen LogP contribution in [0.2, 0.25) is 0 Å². The van der Waals surface area contributed by atoms with Gasteiger partial charge in [0, 0.05) is 11.6 Å². The number of phenolic OH excluding ortho intramolecular Hbond substituents is 1. The number of aldehydes is 1. The molecule has 0 atom stereocenters. The molecule has 0 aliphatic heterocycles. The summed E-state index contributed by atoms with van der Waals surface area (Å²) in [6.45, 7) is 4.25. The second-order valence-electron chi connectivity index (χ2n) is 3.77. The molecule has 2 rings (SSSR count). The quantitative estimate of drug-likeness (QED) is 0.384. The number of fused-ring (bicyclic) bond motifs is 1. The Kier molecular flexibility index (Phi) is 6.02. The highest BCUT2D eigenvalue weighted by Gasteiger charge is 2.05. The van der Waals surface area contributed by atoms with Gasteiger partial charge in [-0.1, -0.05) is 32.4 Å². The molecule has 100 valence electrons. The van der Waals surface area contributed by atoms with Crippen molar-refractivity contribution in [3.8, 4) is 5.75 Å². The van der Waals surface area contributed by atoms with E-state index in [1.54, 1.807) is 24.4 Å². The molecule has 1 aromatic carbocycles. The third-order valence-electron chi connectivity index (χ3n) is 2.07. The normalized spacial score (nSPS) is 10.0. The van der Waals surface area contributed by atoms with Gasteiger partial charge >= 0.3 is 0 Å². The van der Waals surface area contributed by atoms with Crippen LogP contribution in [0.25, 0.3) is 10.9 Å². The van der Waals surface area contributed by atoms with E-state index in [1.165, 1.54) is 6.42 Å². The van der Waals surface area contributed by atoms with E-state index in [0.717, 1.165) is 11.6 Å². The average Bonchev–Trinajstić information content (AvgIpc) is 2.43. The summed E-state index contributed by atoms with van der Waals surface area (Å²) in [7, 11) is 0. The number of benzene rings is 1. The van der Waals surface area contributed by atoms with Crippen LogP contribution >= 0.6 is 0 Å². The van der Waals surface area contributed by atoms with E-state index in [-0.39, 0.29) is 5.75 Å². The molecular weight excluding hydrogens is 242 g/mol. The van der Waals surface area contributed by atoms with Gasteiger partial charge in [0.2, 0.25) is 0 Å². The Morgan fingerprint density at radius 2 is 2.11 bits per heavy atom. The van der Waals surface area contributed by atoms with E-state index in [4.69, 9.17) is 0 Å². The summed E-state index contributed by atoms with van der Waals surface area (Å²) in [4.78, 5) is 14.1.